The molecule has 0 aliphatic rings. The Kier molecular flexibility index (Phi) is 7.38. The summed E-state index contributed by atoms with van der Waals surface area (Å²) in [6.45, 7) is 4.78. The van der Waals surface area contributed by atoms with Gasteiger partial charge in [0.1, 0.15) is 5.03 Å². The molecule has 0 fully saturated rings. The summed E-state index contributed by atoms with van der Waals surface area (Å²) in [7, 11) is 0. The molecule has 1 rings (SSSR count). The molecular weight excluding hydrogens is 310 g/mol. The van der Waals surface area contributed by atoms with Crippen molar-refractivity contribution in [2.24, 2.45) is 0 Å². The number of carbonyl (C=O) groups is 3. The Balaban J connectivity index is 3.00. The maximum absolute atomic E-state index is 11.9. The van der Waals surface area contributed by atoms with Crippen LogP contribution >= 0.6 is 11.8 Å². The number of thioether (sulfide) groups is 1. The highest BCUT2D eigenvalue weighted by atomic mass is 32.2. The summed E-state index contributed by atoms with van der Waals surface area (Å²) in [6.07, 6.45) is 1.46. The van der Waals surface area contributed by atoms with Crippen LogP contribution in [0.1, 0.15) is 20.8 Å². The van der Waals surface area contributed by atoms with Crippen LogP contribution in [-0.2, 0) is 23.9 Å². The van der Waals surface area contributed by atoms with Gasteiger partial charge in [-0.3, -0.25) is 14.4 Å². The van der Waals surface area contributed by atoms with Crippen molar-refractivity contribution in [3.05, 3.63) is 18.3 Å². The predicted octanol–water partition coefficient (Wildman–Crippen LogP) is 1.59. The zero-order chi connectivity index (χ0) is 16.5. The molecular formula is C14H17NO6S. The third-order valence-corrected chi connectivity index (χ3v) is 3.37. The van der Waals surface area contributed by atoms with Crippen molar-refractivity contribution >= 4 is 29.7 Å². The summed E-state index contributed by atoms with van der Waals surface area (Å²) in [6, 6.07) is 3.09. The van der Waals surface area contributed by atoms with E-state index in [0.29, 0.717) is 0 Å². The minimum atomic E-state index is -1.23. The summed E-state index contributed by atoms with van der Waals surface area (Å²) in [5, 5.41) is -1.01. The molecule has 22 heavy (non-hydrogen) atoms. The minimum Gasteiger partial charge on any atom is -0.465 e. The van der Waals surface area contributed by atoms with E-state index in [0.717, 1.165) is 11.8 Å². The highest BCUT2D eigenvalue weighted by molar-refractivity contribution is 8.01. The fourth-order valence-corrected chi connectivity index (χ4v) is 2.34. The van der Waals surface area contributed by atoms with Crippen molar-refractivity contribution in [3.63, 3.8) is 0 Å². The Morgan fingerprint density at radius 2 is 1.77 bits per heavy atom. The van der Waals surface area contributed by atoms with E-state index < -0.39 is 23.2 Å². The summed E-state index contributed by atoms with van der Waals surface area (Å²) in [4.78, 5) is 38.9. The number of pyridine rings is 1. The van der Waals surface area contributed by atoms with Crippen LogP contribution in [0.25, 0.3) is 0 Å². The molecule has 1 aromatic rings. The Hall–Kier alpha value is -2.09. The second kappa shape index (κ2) is 9.04. The van der Waals surface area contributed by atoms with Crippen molar-refractivity contribution in [1.29, 1.82) is 0 Å². The number of esters is 3. The summed E-state index contributed by atoms with van der Waals surface area (Å²) < 4.78 is 14.7. The maximum atomic E-state index is 11.9. The number of hydrogen-bond donors (Lipinski definition) is 0. The summed E-state index contributed by atoms with van der Waals surface area (Å²) >= 11 is 0.816. The molecule has 7 nitrogen and oxygen atoms in total. The van der Waals surface area contributed by atoms with Crippen molar-refractivity contribution < 1.29 is 28.6 Å². The first-order valence-corrected chi connectivity index (χ1v) is 7.50. The largest absolute Gasteiger partial charge is 0.465 e. The van der Waals surface area contributed by atoms with Crippen molar-refractivity contribution in [2.75, 3.05) is 13.2 Å². The van der Waals surface area contributed by atoms with Gasteiger partial charge in [-0.25, -0.2) is 4.98 Å². The Labute approximate surface area is 132 Å². The number of nitrogens with zero attached hydrogens (tertiary/aromatic N) is 1. The summed E-state index contributed by atoms with van der Waals surface area (Å²) in [5.41, 5.74) is 0. The number of hydrogen-bond acceptors (Lipinski definition) is 8. The standard InChI is InChI=1S/C14H17NO6S/c1-4-19-13(17)11(14(18)20-5-2)22-12-10(21-9(3)16)7-6-8-15-12/h6-8,11H,4-5H2,1-3H3. The maximum Gasteiger partial charge on any atom is 0.331 e. The molecule has 120 valence electrons. The van der Waals surface area contributed by atoms with Crippen LogP contribution in [0.3, 0.4) is 0 Å². The molecule has 0 saturated carbocycles. The smallest absolute Gasteiger partial charge is 0.331 e. The number of carbonyl (C=O) groups excluding carboxylic acids is 3. The van der Waals surface area contributed by atoms with E-state index in [9.17, 15) is 14.4 Å². The number of aromatic nitrogens is 1. The molecule has 1 heterocycles. The molecule has 0 N–H and O–H groups in total. The van der Waals surface area contributed by atoms with Crippen molar-refractivity contribution in [1.82, 2.24) is 4.98 Å². The predicted molar refractivity (Wildman–Crippen MR) is 78.5 cm³/mol. The Bertz CT molecular complexity index is 530. The first-order chi connectivity index (χ1) is 10.5. The average Bonchev–Trinajstić information content (AvgIpc) is 2.46. The van der Waals surface area contributed by atoms with Gasteiger partial charge >= 0.3 is 17.9 Å². The number of rotatable bonds is 7. The van der Waals surface area contributed by atoms with E-state index in [1.807, 2.05) is 0 Å². The molecule has 0 aromatic carbocycles. The minimum absolute atomic E-state index is 0.133. The van der Waals surface area contributed by atoms with Gasteiger partial charge in [-0.15, -0.1) is 0 Å². The van der Waals surface area contributed by atoms with Crippen LogP contribution in [-0.4, -0.2) is 41.4 Å². The molecule has 0 unspecified atom stereocenters. The van der Waals surface area contributed by atoms with Crippen LogP contribution in [0.2, 0.25) is 0 Å². The lowest BCUT2D eigenvalue weighted by Gasteiger charge is -2.14. The van der Waals surface area contributed by atoms with Gasteiger partial charge in [0.2, 0.25) is 5.25 Å². The molecule has 0 aliphatic carbocycles. The van der Waals surface area contributed by atoms with Crippen LogP contribution in [0, 0.1) is 0 Å². The monoisotopic (exact) mass is 327 g/mol. The van der Waals surface area contributed by atoms with Crippen LogP contribution in [0.15, 0.2) is 23.4 Å². The molecule has 0 radical (unpaired) electrons. The zero-order valence-corrected chi connectivity index (χ0v) is 13.3. The van der Waals surface area contributed by atoms with Gasteiger partial charge in [0.05, 0.1) is 13.2 Å². The average molecular weight is 327 g/mol. The quantitative estimate of drug-likeness (QED) is 0.423. The normalized spacial score (nSPS) is 10.2. The van der Waals surface area contributed by atoms with E-state index >= 15 is 0 Å². The van der Waals surface area contributed by atoms with Crippen LogP contribution in [0.4, 0.5) is 0 Å². The second-order valence-electron chi connectivity index (χ2n) is 3.90. The summed E-state index contributed by atoms with van der Waals surface area (Å²) in [5.74, 6) is -1.83. The van der Waals surface area contributed by atoms with E-state index in [1.165, 1.54) is 19.2 Å². The van der Waals surface area contributed by atoms with Crippen LogP contribution < -0.4 is 4.74 Å². The lowest BCUT2D eigenvalue weighted by molar-refractivity contribution is -0.152. The van der Waals surface area contributed by atoms with Gasteiger partial charge < -0.3 is 14.2 Å². The first-order valence-electron chi connectivity index (χ1n) is 6.62. The topological polar surface area (TPSA) is 91.8 Å². The highest BCUT2D eigenvalue weighted by Crippen LogP contribution is 2.31. The van der Waals surface area contributed by atoms with E-state index in [-0.39, 0.29) is 24.0 Å². The third kappa shape index (κ3) is 5.36. The van der Waals surface area contributed by atoms with Gasteiger partial charge in [0.15, 0.2) is 5.75 Å². The van der Waals surface area contributed by atoms with Gasteiger partial charge in [0, 0.05) is 13.1 Å². The highest BCUT2D eigenvalue weighted by Gasteiger charge is 2.32. The Morgan fingerprint density at radius 3 is 2.27 bits per heavy atom. The Morgan fingerprint density at radius 1 is 1.18 bits per heavy atom. The molecule has 0 saturated heterocycles. The SMILES string of the molecule is CCOC(=O)C(Sc1ncccc1OC(C)=O)C(=O)OCC. The first kappa shape index (κ1) is 18.0. The van der Waals surface area contributed by atoms with E-state index in [2.05, 4.69) is 4.98 Å². The fraction of sp³-hybridized carbons (Fsp3) is 0.429. The molecule has 0 amide bonds. The van der Waals surface area contributed by atoms with Crippen LogP contribution in [0.5, 0.6) is 5.75 Å². The van der Waals surface area contributed by atoms with Crippen molar-refractivity contribution in [3.8, 4) is 5.75 Å². The fourth-order valence-electron chi connectivity index (χ4n) is 1.44. The lowest BCUT2D eigenvalue weighted by Crippen LogP contribution is -2.31. The molecule has 0 spiro atoms. The van der Waals surface area contributed by atoms with Gasteiger partial charge in [0.25, 0.3) is 0 Å². The zero-order valence-electron chi connectivity index (χ0n) is 12.5. The lowest BCUT2D eigenvalue weighted by atomic mass is 10.4. The van der Waals surface area contributed by atoms with Gasteiger partial charge in [-0.1, -0.05) is 11.8 Å². The molecule has 0 aliphatic heterocycles. The van der Waals surface area contributed by atoms with Gasteiger partial charge in [-0.2, -0.15) is 0 Å². The molecule has 1 aromatic heterocycles. The van der Waals surface area contributed by atoms with Crippen molar-refractivity contribution in [2.45, 2.75) is 31.0 Å². The molecule has 0 atom stereocenters. The van der Waals surface area contributed by atoms with Gasteiger partial charge in [-0.05, 0) is 26.0 Å². The third-order valence-electron chi connectivity index (χ3n) is 2.22. The number of ether oxygens (including phenoxy) is 3. The molecule has 0 bridgehead atoms. The second-order valence-corrected chi connectivity index (χ2v) is 5.00. The van der Waals surface area contributed by atoms with E-state index in [4.69, 9.17) is 14.2 Å². The van der Waals surface area contributed by atoms with E-state index in [1.54, 1.807) is 19.9 Å². The molecule has 8 heteroatoms.